The molecule has 1 N–H and O–H groups in total. The van der Waals surface area contributed by atoms with Crippen LogP contribution in [0, 0.1) is 11.7 Å². The summed E-state index contributed by atoms with van der Waals surface area (Å²) < 4.78 is 2.87. The first kappa shape index (κ1) is 11.8. The number of aromatic nitrogens is 3. The predicted octanol–water partition coefficient (Wildman–Crippen LogP) is 2.12. The first-order valence-electron chi connectivity index (χ1n) is 5.84. The zero-order valence-corrected chi connectivity index (χ0v) is 11.1. The molecule has 1 fully saturated rings. The van der Waals surface area contributed by atoms with E-state index in [0.717, 1.165) is 17.1 Å². The first-order chi connectivity index (χ1) is 7.55. The van der Waals surface area contributed by atoms with Crippen LogP contribution >= 0.6 is 12.2 Å². The highest BCUT2D eigenvalue weighted by Crippen LogP contribution is 2.35. The van der Waals surface area contributed by atoms with E-state index in [4.69, 9.17) is 12.2 Å². The number of hydrogen-bond acceptors (Lipinski definition) is 3. The van der Waals surface area contributed by atoms with E-state index in [1.165, 1.54) is 25.7 Å². The second-order valence-corrected chi connectivity index (χ2v) is 5.37. The van der Waals surface area contributed by atoms with Crippen molar-refractivity contribution < 1.29 is 0 Å². The predicted molar refractivity (Wildman–Crippen MR) is 67.0 cm³/mol. The molecule has 0 unspecified atom stereocenters. The normalized spacial score (nSPS) is 19.5. The van der Waals surface area contributed by atoms with Crippen molar-refractivity contribution in [1.82, 2.24) is 19.7 Å². The molecular formula is C11H20N4S. The van der Waals surface area contributed by atoms with Crippen LogP contribution in [-0.4, -0.2) is 39.3 Å². The number of hydrogen-bond donors (Lipinski definition) is 1. The van der Waals surface area contributed by atoms with Gasteiger partial charge in [-0.2, -0.15) is 5.10 Å². The van der Waals surface area contributed by atoms with E-state index >= 15 is 0 Å². The van der Waals surface area contributed by atoms with E-state index < -0.39 is 0 Å². The van der Waals surface area contributed by atoms with Crippen LogP contribution in [0.15, 0.2) is 0 Å². The number of aryl methyl sites for hydroxylation is 1. The van der Waals surface area contributed by atoms with Crippen LogP contribution in [-0.2, 0) is 6.54 Å². The van der Waals surface area contributed by atoms with Gasteiger partial charge in [0.1, 0.15) is 5.82 Å². The molecule has 5 heteroatoms. The molecule has 1 aromatic heterocycles. The minimum Gasteiger partial charge on any atom is -0.303 e. The highest BCUT2D eigenvalue weighted by atomic mass is 32.1. The molecule has 1 aliphatic rings. The third-order valence-corrected chi connectivity index (χ3v) is 4.20. The van der Waals surface area contributed by atoms with Crippen molar-refractivity contribution >= 4 is 12.2 Å². The van der Waals surface area contributed by atoms with Crippen LogP contribution in [0.2, 0.25) is 0 Å². The Kier molecular flexibility index (Phi) is 3.17. The van der Waals surface area contributed by atoms with E-state index in [9.17, 15) is 0 Å². The minimum atomic E-state index is 0.271. The molecule has 4 nitrogen and oxygen atoms in total. The molecule has 0 aliphatic heterocycles. The summed E-state index contributed by atoms with van der Waals surface area (Å²) in [6.07, 6.45) is 5.16. The molecule has 1 heterocycles. The average molecular weight is 240 g/mol. The lowest BCUT2D eigenvalue weighted by Gasteiger charge is -2.36. The van der Waals surface area contributed by atoms with Crippen molar-refractivity contribution in [2.45, 2.75) is 44.7 Å². The van der Waals surface area contributed by atoms with Gasteiger partial charge in [0.25, 0.3) is 0 Å². The van der Waals surface area contributed by atoms with E-state index in [0.29, 0.717) is 0 Å². The molecular weight excluding hydrogens is 220 g/mol. The molecule has 16 heavy (non-hydrogen) atoms. The molecule has 0 saturated heterocycles. The second-order valence-electron chi connectivity index (χ2n) is 4.99. The lowest BCUT2D eigenvalue weighted by molar-refractivity contribution is 0.132. The summed E-state index contributed by atoms with van der Waals surface area (Å²) in [6, 6.07) is 0. The van der Waals surface area contributed by atoms with Gasteiger partial charge in [-0.25, -0.2) is 0 Å². The average Bonchev–Trinajstić information content (AvgIpc) is 2.81. The van der Waals surface area contributed by atoms with E-state index in [1.54, 1.807) is 0 Å². The fourth-order valence-corrected chi connectivity index (χ4v) is 2.90. The fourth-order valence-electron chi connectivity index (χ4n) is 2.66. The van der Waals surface area contributed by atoms with Gasteiger partial charge in [0, 0.05) is 12.1 Å². The molecule has 1 saturated carbocycles. The molecule has 0 bridgehead atoms. The van der Waals surface area contributed by atoms with Crippen LogP contribution in [0.3, 0.4) is 0 Å². The maximum Gasteiger partial charge on any atom is 0.195 e. The quantitative estimate of drug-likeness (QED) is 0.822. The summed E-state index contributed by atoms with van der Waals surface area (Å²) in [4.78, 5) is 2.36. The van der Waals surface area contributed by atoms with Gasteiger partial charge in [0.2, 0.25) is 0 Å². The Labute approximate surface area is 102 Å². The number of rotatable bonds is 3. The Morgan fingerprint density at radius 1 is 1.44 bits per heavy atom. The highest BCUT2D eigenvalue weighted by Gasteiger charge is 2.36. The lowest BCUT2D eigenvalue weighted by Crippen LogP contribution is -2.45. The van der Waals surface area contributed by atoms with Gasteiger partial charge < -0.3 is 9.47 Å². The number of aromatic amines is 1. The lowest BCUT2D eigenvalue weighted by atomic mass is 9.96. The monoisotopic (exact) mass is 240 g/mol. The molecule has 0 spiro atoms. The number of likely N-dealkylation sites (N-methyl/N-ethyl adjacent to an activating group) is 1. The van der Waals surface area contributed by atoms with Gasteiger partial charge >= 0.3 is 0 Å². The summed E-state index contributed by atoms with van der Waals surface area (Å²) in [5, 5.41) is 7.04. The standard InChI is InChI=1S/C11H20N4S/c1-9-12-13-10(16)15(9)8-11(14(2)3)6-4-5-7-11/h4-8H2,1-3H3,(H,13,16). The number of H-pyrrole nitrogens is 1. The summed E-state index contributed by atoms with van der Waals surface area (Å²) in [5.74, 6) is 0.984. The summed E-state index contributed by atoms with van der Waals surface area (Å²) >= 11 is 5.27. The van der Waals surface area contributed by atoms with Gasteiger partial charge in [-0.05, 0) is 46.1 Å². The molecule has 2 rings (SSSR count). The highest BCUT2D eigenvalue weighted by molar-refractivity contribution is 7.71. The summed E-state index contributed by atoms with van der Waals surface area (Å²) in [6.45, 7) is 2.96. The first-order valence-corrected chi connectivity index (χ1v) is 6.25. The molecule has 1 aromatic rings. The van der Waals surface area contributed by atoms with E-state index in [-0.39, 0.29) is 5.54 Å². The number of nitrogens with one attached hydrogen (secondary N) is 1. The third-order valence-electron chi connectivity index (χ3n) is 3.88. The van der Waals surface area contributed by atoms with Gasteiger partial charge in [0.15, 0.2) is 4.77 Å². The summed E-state index contributed by atoms with van der Waals surface area (Å²) in [5.41, 5.74) is 0.271. The topological polar surface area (TPSA) is 36.9 Å². The molecule has 0 amide bonds. The van der Waals surface area contributed by atoms with Crippen LogP contribution in [0.25, 0.3) is 0 Å². The maximum atomic E-state index is 5.27. The third kappa shape index (κ3) is 1.94. The molecule has 90 valence electrons. The van der Waals surface area contributed by atoms with Crippen molar-refractivity contribution in [3.8, 4) is 0 Å². The van der Waals surface area contributed by atoms with Crippen molar-refractivity contribution in [3.05, 3.63) is 10.6 Å². The summed E-state index contributed by atoms with van der Waals surface area (Å²) in [7, 11) is 4.34. The Morgan fingerprint density at radius 2 is 2.06 bits per heavy atom. The van der Waals surface area contributed by atoms with Gasteiger partial charge in [-0.15, -0.1) is 0 Å². The van der Waals surface area contributed by atoms with Crippen LogP contribution < -0.4 is 0 Å². The largest absolute Gasteiger partial charge is 0.303 e. The molecule has 0 radical (unpaired) electrons. The molecule has 0 atom stereocenters. The maximum absolute atomic E-state index is 5.27. The Hall–Kier alpha value is -0.680. The smallest absolute Gasteiger partial charge is 0.195 e. The molecule has 1 aliphatic carbocycles. The van der Waals surface area contributed by atoms with Gasteiger partial charge in [-0.3, -0.25) is 5.10 Å². The SMILES string of the molecule is Cc1n[nH]c(=S)n1CC1(N(C)C)CCCC1. The zero-order chi connectivity index (χ0) is 11.8. The van der Waals surface area contributed by atoms with Crippen LogP contribution in [0.1, 0.15) is 31.5 Å². The number of nitrogens with zero attached hydrogens (tertiary/aromatic N) is 3. The van der Waals surface area contributed by atoms with Crippen LogP contribution in [0.4, 0.5) is 0 Å². The Balaban J connectivity index is 2.28. The van der Waals surface area contributed by atoms with E-state index in [1.807, 2.05) is 6.92 Å². The Bertz CT molecular complexity index is 412. The fraction of sp³-hybridized carbons (Fsp3) is 0.818. The Morgan fingerprint density at radius 3 is 2.50 bits per heavy atom. The van der Waals surface area contributed by atoms with Crippen molar-refractivity contribution in [3.63, 3.8) is 0 Å². The minimum absolute atomic E-state index is 0.271. The van der Waals surface area contributed by atoms with Crippen molar-refractivity contribution in [2.75, 3.05) is 14.1 Å². The molecule has 0 aromatic carbocycles. The zero-order valence-electron chi connectivity index (χ0n) is 10.3. The van der Waals surface area contributed by atoms with E-state index in [2.05, 4.69) is 33.8 Å². The second kappa shape index (κ2) is 4.30. The van der Waals surface area contributed by atoms with Crippen molar-refractivity contribution in [1.29, 1.82) is 0 Å². The van der Waals surface area contributed by atoms with Gasteiger partial charge in [-0.1, -0.05) is 12.8 Å². The van der Waals surface area contributed by atoms with Crippen LogP contribution in [0.5, 0.6) is 0 Å². The van der Waals surface area contributed by atoms with Crippen molar-refractivity contribution in [2.24, 2.45) is 0 Å². The van der Waals surface area contributed by atoms with Gasteiger partial charge in [0.05, 0.1) is 0 Å².